The number of carbonyl (C=O) groups excluding carboxylic acids is 1. The molecule has 0 saturated heterocycles. The molecular weight excluding hydrogens is 287 g/mol. The Kier molecular flexibility index (Phi) is 4.48. The van der Waals surface area contributed by atoms with Gasteiger partial charge in [-0.2, -0.15) is 15.4 Å². The Morgan fingerprint density at radius 3 is 2.59 bits per heavy atom. The smallest absolute Gasteiger partial charge is 0.491 e. The van der Waals surface area contributed by atoms with Crippen molar-refractivity contribution < 1.29 is 19.6 Å². The number of H-pyrrole nitrogens is 1. The molecule has 0 spiro atoms. The standard InChI is InChI=1S/C13H17BN4O4/c1-6(2)22-12-8(4-7(3)5-9(12)14(20)21)10-11(13(15)19)17-18-16-10/h4-6,20-21H,1-3H3,(H2,15,19)(H,16,17,18). The number of carbonyl (C=O) groups is 1. The third-order valence-corrected chi connectivity index (χ3v) is 2.93. The lowest BCUT2D eigenvalue weighted by Gasteiger charge is -2.18. The summed E-state index contributed by atoms with van der Waals surface area (Å²) >= 11 is 0. The van der Waals surface area contributed by atoms with E-state index in [9.17, 15) is 14.8 Å². The maximum atomic E-state index is 11.5. The fraction of sp³-hybridized carbons (Fsp3) is 0.308. The average molecular weight is 304 g/mol. The lowest BCUT2D eigenvalue weighted by atomic mass is 9.77. The molecule has 8 nitrogen and oxygen atoms in total. The second-order valence-electron chi connectivity index (χ2n) is 5.16. The number of aryl methyl sites for hydroxylation is 1. The minimum Gasteiger partial charge on any atom is -0.491 e. The molecule has 2 rings (SSSR count). The van der Waals surface area contributed by atoms with Gasteiger partial charge in [0, 0.05) is 11.0 Å². The lowest BCUT2D eigenvalue weighted by molar-refractivity contribution is 0.0996. The van der Waals surface area contributed by atoms with E-state index in [-0.39, 0.29) is 28.7 Å². The highest BCUT2D eigenvalue weighted by atomic mass is 16.5. The maximum absolute atomic E-state index is 11.5. The molecular formula is C13H17BN4O4. The molecule has 9 heteroatoms. The molecule has 116 valence electrons. The van der Waals surface area contributed by atoms with Crippen LogP contribution in [0, 0.1) is 6.92 Å². The largest absolute Gasteiger partial charge is 0.492 e. The number of aromatic amines is 1. The van der Waals surface area contributed by atoms with Crippen LogP contribution in [0.3, 0.4) is 0 Å². The third-order valence-electron chi connectivity index (χ3n) is 2.93. The Bertz CT molecular complexity index is 699. The third kappa shape index (κ3) is 3.10. The summed E-state index contributed by atoms with van der Waals surface area (Å²) in [6.45, 7) is 5.38. The van der Waals surface area contributed by atoms with Gasteiger partial charge < -0.3 is 20.5 Å². The minimum atomic E-state index is -1.73. The van der Waals surface area contributed by atoms with Gasteiger partial charge >= 0.3 is 7.12 Å². The molecule has 0 bridgehead atoms. The van der Waals surface area contributed by atoms with Gasteiger partial charge in [0.05, 0.1) is 6.10 Å². The zero-order chi connectivity index (χ0) is 16.4. The van der Waals surface area contributed by atoms with Crippen LogP contribution in [0.1, 0.15) is 29.9 Å². The van der Waals surface area contributed by atoms with Gasteiger partial charge in [0.1, 0.15) is 11.4 Å². The van der Waals surface area contributed by atoms with Crippen molar-refractivity contribution in [3.63, 3.8) is 0 Å². The zero-order valence-electron chi connectivity index (χ0n) is 12.5. The molecule has 0 aliphatic rings. The van der Waals surface area contributed by atoms with E-state index in [0.29, 0.717) is 5.56 Å². The van der Waals surface area contributed by atoms with Crippen LogP contribution in [0.4, 0.5) is 0 Å². The number of benzene rings is 1. The number of aromatic nitrogens is 3. The van der Waals surface area contributed by atoms with Gasteiger partial charge in [-0.05, 0) is 26.8 Å². The van der Waals surface area contributed by atoms with E-state index < -0.39 is 13.0 Å². The van der Waals surface area contributed by atoms with Crippen molar-refractivity contribution in [1.82, 2.24) is 15.4 Å². The van der Waals surface area contributed by atoms with Crippen LogP contribution >= 0.6 is 0 Å². The van der Waals surface area contributed by atoms with E-state index >= 15 is 0 Å². The van der Waals surface area contributed by atoms with Gasteiger partial charge in [-0.15, -0.1) is 0 Å². The molecule has 0 aliphatic heterocycles. The number of hydrogen-bond donors (Lipinski definition) is 4. The molecule has 1 aromatic heterocycles. The van der Waals surface area contributed by atoms with Gasteiger partial charge in [0.2, 0.25) is 0 Å². The van der Waals surface area contributed by atoms with E-state index in [0.717, 1.165) is 5.56 Å². The van der Waals surface area contributed by atoms with Gasteiger partial charge in [0.25, 0.3) is 5.91 Å². The first kappa shape index (κ1) is 16.0. The number of amides is 1. The molecule has 5 N–H and O–H groups in total. The van der Waals surface area contributed by atoms with Crippen molar-refractivity contribution in [2.24, 2.45) is 5.73 Å². The second kappa shape index (κ2) is 6.16. The first-order valence-corrected chi connectivity index (χ1v) is 6.69. The van der Waals surface area contributed by atoms with Crippen LogP contribution in [-0.2, 0) is 0 Å². The normalized spacial score (nSPS) is 10.8. The summed E-state index contributed by atoms with van der Waals surface area (Å²) in [4.78, 5) is 11.5. The van der Waals surface area contributed by atoms with Crippen molar-refractivity contribution in [3.8, 4) is 17.0 Å². The van der Waals surface area contributed by atoms with Crippen LogP contribution in [-0.4, -0.2) is 44.6 Å². The molecule has 1 aromatic carbocycles. The van der Waals surface area contributed by atoms with Gasteiger partial charge in [-0.3, -0.25) is 4.79 Å². The van der Waals surface area contributed by atoms with Gasteiger partial charge in [-0.1, -0.05) is 11.6 Å². The molecule has 2 aromatic rings. The number of rotatable bonds is 5. The SMILES string of the molecule is Cc1cc(B(O)O)c(OC(C)C)c(-c2n[nH]nc2C(N)=O)c1. The first-order chi connectivity index (χ1) is 10.3. The Hall–Kier alpha value is -2.39. The summed E-state index contributed by atoms with van der Waals surface area (Å²) in [5.41, 5.74) is 6.78. The van der Waals surface area contributed by atoms with Crippen molar-refractivity contribution in [2.45, 2.75) is 26.9 Å². The van der Waals surface area contributed by atoms with E-state index in [4.69, 9.17) is 10.5 Å². The molecule has 0 fully saturated rings. The quantitative estimate of drug-likeness (QED) is 0.542. The van der Waals surface area contributed by atoms with E-state index in [2.05, 4.69) is 15.4 Å². The lowest BCUT2D eigenvalue weighted by Crippen LogP contribution is -2.33. The van der Waals surface area contributed by atoms with E-state index in [1.165, 1.54) is 0 Å². The molecule has 0 atom stereocenters. The van der Waals surface area contributed by atoms with Crippen LogP contribution in [0.5, 0.6) is 5.75 Å². The summed E-state index contributed by atoms with van der Waals surface area (Å²) < 4.78 is 5.70. The van der Waals surface area contributed by atoms with Crippen molar-refractivity contribution in [3.05, 3.63) is 23.4 Å². The summed E-state index contributed by atoms with van der Waals surface area (Å²) in [6.07, 6.45) is -0.220. The minimum absolute atomic E-state index is 0.0439. The number of ether oxygens (including phenoxy) is 1. The predicted molar refractivity (Wildman–Crippen MR) is 80.7 cm³/mol. The number of hydrogen-bond acceptors (Lipinski definition) is 6. The molecule has 1 amide bonds. The number of primary amides is 1. The predicted octanol–water partition coefficient (Wildman–Crippen LogP) is -0.654. The fourth-order valence-corrected chi connectivity index (χ4v) is 2.13. The highest BCUT2D eigenvalue weighted by Gasteiger charge is 2.26. The molecule has 0 unspecified atom stereocenters. The highest BCUT2D eigenvalue weighted by Crippen LogP contribution is 2.30. The van der Waals surface area contributed by atoms with Crippen molar-refractivity contribution >= 4 is 18.5 Å². The highest BCUT2D eigenvalue weighted by molar-refractivity contribution is 6.60. The Morgan fingerprint density at radius 1 is 1.36 bits per heavy atom. The number of nitrogens with one attached hydrogen (secondary N) is 1. The average Bonchev–Trinajstić information content (AvgIpc) is 2.88. The Labute approximate surface area is 127 Å². The van der Waals surface area contributed by atoms with Crippen molar-refractivity contribution in [2.75, 3.05) is 0 Å². The molecule has 0 aliphatic carbocycles. The molecule has 0 saturated carbocycles. The topological polar surface area (TPSA) is 134 Å². The zero-order valence-corrected chi connectivity index (χ0v) is 12.5. The first-order valence-electron chi connectivity index (χ1n) is 6.69. The molecule has 1 heterocycles. The maximum Gasteiger partial charge on any atom is 0.492 e. The summed E-state index contributed by atoms with van der Waals surface area (Å²) in [7, 11) is -1.73. The fourth-order valence-electron chi connectivity index (χ4n) is 2.13. The summed E-state index contributed by atoms with van der Waals surface area (Å²) in [6, 6.07) is 3.31. The van der Waals surface area contributed by atoms with Crippen LogP contribution < -0.4 is 15.9 Å². The van der Waals surface area contributed by atoms with E-state index in [1.54, 1.807) is 32.9 Å². The van der Waals surface area contributed by atoms with E-state index in [1.807, 2.05) is 0 Å². The monoisotopic (exact) mass is 304 g/mol. The Morgan fingerprint density at radius 2 is 2.05 bits per heavy atom. The van der Waals surface area contributed by atoms with Crippen molar-refractivity contribution in [1.29, 1.82) is 0 Å². The summed E-state index contributed by atoms with van der Waals surface area (Å²) in [5, 5.41) is 29.2. The van der Waals surface area contributed by atoms with Crippen LogP contribution in [0.15, 0.2) is 12.1 Å². The second-order valence-corrected chi connectivity index (χ2v) is 5.16. The Balaban J connectivity index is 2.73. The summed E-state index contributed by atoms with van der Waals surface area (Å²) in [5.74, 6) is -0.515. The van der Waals surface area contributed by atoms with Gasteiger partial charge in [0.15, 0.2) is 5.69 Å². The number of nitrogens with two attached hydrogens (primary N) is 1. The van der Waals surface area contributed by atoms with Gasteiger partial charge in [-0.25, -0.2) is 0 Å². The van der Waals surface area contributed by atoms with Crippen LogP contribution in [0.25, 0.3) is 11.3 Å². The number of nitrogens with zero attached hydrogens (tertiary/aromatic N) is 2. The van der Waals surface area contributed by atoms with Crippen LogP contribution in [0.2, 0.25) is 0 Å². The molecule has 22 heavy (non-hydrogen) atoms. The molecule has 0 radical (unpaired) electrons.